The van der Waals surface area contributed by atoms with Crippen molar-refractivity contribution in [2.75, 3.05) is 0 Å². The minimum absolute atomic E-state index is 0.207. The summed E-state index contributed by atoms with van der Waals surface area (Å²) in [4.78, 5) is 0. The summed E-state index contributed by atoms with van der Waals surface area (Å²) in [6, 6.07) is 22.7. The Morgan fingerprint density at radius 3 is 1.73 bits per heavy atom. The van der Waals surface area contributed by atoms with Gasteiger partial charge < -0.3 is 0 Å². The SMILES string of the molecule is CCC(C)c1cccc2[cH-]c(C3CCCCC3)cc12.CCc1cc2c(-c3ccc(C(C(F)(F)F)(C(F)(F)F)C(F)(F)F)cc3)cccc2[cH-]1.C[Si]C.[Cl][Zr+2][Cl]. The number of halogens is 11. The third-order valence-corrected chi connectivity index (χ3v) is 10.1. The molecule has 2 radical (unpaired) electrons. The fourth-order valence-corrected chi connectivity index (χ4v) is 7.23. The van der Waals surface area contributed by atoms with E-state index in [1.54, 1.807) is 29.3 Å². The number of rotatable bonds is 6. The number of hydrogen-bond donors (Lipinski definition) is 0. The van der Waals surface area contributed by atoms with Crippen molar-refractivity contribution in [3.8, 4) is 11.1 Å². The van der Waals surface area contributed by atoms with Gasteiger partial charge in [-0.3, -0.25) is 0 Å². The summed E-state index contributed by atoms with van der Waals surface area (Å²) >= 11 is -0.826. The Morgan fingerprint density at radius 2 is 1.24 bits per heavy atom. The molecule has 13 heteroatoms. The van der Waals surface area contributed by atoms with Crippen molar-refractivity contribution in [3.05, 3.63) is 107 Å². The maximum atomic E-state index is 13.3. The number of alkyl halides is 9. The predicted molar refractivity (Wildman–Crippen MR) is 207 cm³/mol. The van der Waals surface area contributed by atoms with Gasteiger partial charge in [-0.05, 0) is 42.2 Å². The molecule has 0 heterocycles. The van der Waals surface area contributed by atoms with Crippen molar-refractivity contribution in [1.29, 1.82) is 0 Å². The molecule has 0 nitrogen and oxygen atoms in total. The first-order chi connectivity index (χ1) is 25.9. The van der Waals surface area contributed by atoms with Gasteiger partial charge in [0.25, 0.3) is 5.41 Å². The van der Waals surface area contributed by atoms with E-state index >= 15 is 0 Å². The third kappa shape index (κ3) is 10.9. The van der Waals surface area contributed by atoms with Crippen molar-refractivity contribution in [2.24, 2.45) is 0 Å². The van der Waals surface area contributed by atoms with Crippen LogP contribution in [0.2, 0.25) is 13.1 Å². The van der Waals surface area contributed by atoms with E-state index in [2.05, 4.69) is 57.3 Å². The number of aryl methyl sites for hydroxylation is 1. The van der Waals surface area contributed by atoms with Gasteiger partial charge in [0.05, 0.1) is 0 Å². The van der Waals surface area contributed by atoms with Gasteiger partial charge >= 0.3 is 56.4 Å². The van der Waals surface area contributed by atoms with Gasteiger partial charge in [-0.15, -0.1) is 69.1 Å². The Balaban J connectivity index is 0.000000276. The first-order valence-electron chi connectivity index (χ1n) is 18.1. The van der Waals surface area contributed by atoms with Gasteiger partial charge in [-0.2, -0.15) is 51.6 Å². The van der Waals surface area contributed by atoms with E-state index in [9.17, 15) is 39.5 Å². The summed E-state index contributed by atoms with van der Waals surface area (Å²) < 4.78 is 120. The van der Waals surface area contributed by atoms with Gasteiger partial charge in [0.2, 0.25) is 0 Å². The van der Waals surface area contributed by atoms with E-state index in [-0.39, 0.29) is 17.7 Å². The summed E-state index contributed by atoms with van der Waals surface area (Å²) in [7, 11) is 11.0. The van der Waals surface area contributed by atoms with Crippen LogP contribution in [0.4, 0.5) is 39.5 Å². The molecule has 1 aliphatic carbocycles. The summed E-state index contributed by atoms with van der Waals surface area (Å²) in [5.74, 6) is 1.50. The molecule has 1 atom stereocenters. The first kappa shape index (κ1) is 47.3. The zero-order chi connectivity index (χ0) is 41.2. The molecule has 0 aromatic heterocycles. The Labute approximate surface area is 339 Å². The van der Waals surface area contributed by atoms with Crippen molar-refractivity contribution >= 4 is 48.1 Å². The molecular weight excluding hydrogens is 866 g/mol. The van der Waals surface area contributed by atoms with Crippen LogP contribution in [-0.4, -0.2) is 28.0 Å². The quantitative estimate of drug-likeness (QED) is 0.0905. The van der Waals surface area contributed by atoms with Crippen molar-refractivity contribution in [1.82, 2.24) is 0 Å². The van der Waals surface area contributed by atoms with Crippen LogP contribution in [-0.2, 0) is 32.7 Å². The van der Waals surface area contributed by atoms with E-state index < -0.39 is 50.4 Å². The van der Waals surface area contributed by atoms with Gasteiger partial charge in [0.1, 0.15) is 0 Å². The first-order valence-corrected chi connectivity index (χ1v) is 26.4. The zero-order valence-electron chi connectivity index (χ0n) is 31.3. The Kier molecular flexibility index (Phi) is 17.7. The number of hydrogen-bond acceptors (Lipinski definition) is 0. The molecule has 55 heavy (non-hydrogen) atoms. The molecule has 5 aromatic carbocycles. The number of fused-ring (bicyclic) bond motifs is 2. The molecule has 0 aliphatic heterocycles. The molecule has 0 saturated heterocycles. The summed E-state index contributed by atoms with van der Waals surface area (Å²) in [5, 5.41) is 4.48. The maximum absolute atomic E-state index is 13.3. The Morgan fingerprint density at radius 1 is 0.727 bits per heavy atom. The van der Waals surface area contributed by atoms with Crippen LogP contribution in [0.1, 0.15) is 93.4 Å². The molecule has 0 bridgehead atoms. The topological polar surface area (TPSA) is 0 Å². The van der Waals surface area contributed by atoms with Gasteiger partial charge in [-0.25, -0.2) is 0 Å². The normalized spacial score (nSPS) is 14.5. The fourth-order valence-electron chi connectivity index (χ4n) is 7.23. The van der Waals surface area contributed by atoms with Crippen LogP contribution in [0.25, 0.3) is 32.7 Å². The summed E-state index contributed by atoms with van der Waals surface area (Å²) in [6.07, 6.45) is -10.9. The van der Waals surface area contributed by atoms with E-state index in [0.717, 1.165) is 38.5 Å². The molecule has 0 N–H and O–H groups in total. The summed E-state index contributed by atoms with van der Waals surface area (Å²) in [5.41, 5.74) is -3.09. The number of benzene rings is 3. The van der Waals surface area contributed by atoms with Gasteiger partial charge in [-0.1, -0.05) is 107 Å². The predicted octanol–water partition coefficient (Wildman–Crippen LogP) is 16.0. The molecule has 1 saturated carbocycles. The molecule has 0 amide bonds. The van der Waals surface area contributed by atoms with Crippen LogP contribution < -0.4 is 0 Å². The molecule has 1 unspecified atom stereocenters. The standard InChI is InChI=1S/C21H14F9.C19H25.C2H6Si.2ClH.Zr/c1-2-12-10-14-4-3-5-16(17(14)11-12)13-6-8-15(9-7-13)18(19(22,23)24,20(25,26)27)21(28,29)30;1-3-14(2)18-11-7-10-16-12-17(13-19(16)18)15-8-5-4-6-9-15;1-3-2;;;/h3-11H,2H2,1H3;7,10-15H,3-6,8-9H2,1-2H3;1-2H3;2*1H;/q2*-1;;;;+4/p-2. The van der Waals surface area contributed by atoms with Gasteiger partial charge in [0, 0.05) is 9.52 Å². The second kappa shape index (κ2) is 20.6. The third-order valence-electron chi connectivity index (χ3n) is 10.1. The Hall–Kier alpha value is -2.07. The van der Waals surface area contributed by atoms with Crippen LogP contribution >= 0.6 is 17.0 Å². The van der Waals surface area contributed by atoms with Crippen molar-refractivity contribution < 1.29 is 60.4 Å². The monoisotopic (exact) mass is 908 g/mol. The van der Waals surface area contributed by atoms with Crippen LogP contribution in [0.3, 0.4) is 0 Å². The van der Waals surface area contributed by atoms with E-state index in [4.69, 9.17) is 17.0 Å². The average Bonchev–Trinajstić information content (AvgIpc) is 3.76. The molecule has 5 aromatic rings. The van der Waals surface area contributed by atoms with Crippen molar-refractivity contribution in [3.63, 3.8) is 0 Å². The minimum atomic E-state index is -6.63. The van der Waals surface area contributed by atoms with E-state index in [0.29, 0.717) is 23.3 Å². The van der Waals surface area contributed by atoms with Gasteiger partial charge in [0.15, 0.2) is 0 Å². The molecular formula is C42H45Cl2F9SiZr. The van der Waals surface area contributed by atoms with Crippen molar-refractivity contribution in [2.45, 2.75) is 115 Å². The van der Waals surface area contributed by atoms with Crippen LogP contribution in [0.15, 0.2) is 84.9 Å². The molecule has 6 rings (SSSR count). The Bertz CT molecular complexity index is 1860. The summed E-state index contributed by atoms with van der Waals surface area (Å²) in [6.45, 7) is 10.9. The molecule has 1 aliphatic rings. The zero-order valence-corrected chi connectivity index (χ0v) is 36.3. The second-order valence-corrected chi connectivity index (χ2v) is 18.4. The van der Waals surface area contributed by atoms with E-state index in [1.165, 1.54) is 49.3 Å². The fraction of sp³-hybridized carbons (Fsp3) is 0.429. The molecule has 298 valence electrons. The van der Waals surface area contributed by atoms with Crippen LogP contribution in [0.5, 0.6) is 0 Å². The average molecular weight is 911 g/mol. The van der Waals surface area contributed by atoms with Crippen LogP contribution in [0, 0.1) is 0 Å². The second-order valence-electron chi connectivity index (χ2n) is 13.7. The van der Waals surface area contributed by atoms with E-state index in [1.807, 2.05) is 19.1 Å². The molecule has 0 spiro atoms. The molecule has 1 fully saturated rings.